The SMILES string of the molecule is Cc1cc(-c2cnn3c(C(F)(F)F)cc(-c4ccc(Cl)c(C)c4)nc23)ccn1. The standard InChI is InChI=1S/C20H14ClF3N4/c1-11-7-14(3-4-16(11)21)17-9-18(20(22,23)24)28-19(27-17)15(10-26-28)13-5-6-25-12(2)8-13/h3-10H,1-2H3. The molecule has 4 rings (SSSR count). The van der Waals surface area contributed by atoms with Gasteiger partial charge in [-0.1, -0.05) is 17.7 Å². The lowest BCUT2D eigenvalue weighted by molar-refractivity contribution is -0.142. The molecular formula is C20H14ClF3N4. The summed E-state index contributed by atoms with van der Waals surface area (Å²) in [7, 11) is 0. The second-order valence-electron chi connectivity index (χ2n) is 6.47. The molecule has 0 aliphatic rings. The second kappa shape index (κ2) is 6.60. The van der Waals surface area contributed by atoms with E-state index in [1.807, 2.05) is 6.92 Å². The Morgan fingerprint density at radius 3 is 2.46 bits per heavy atom. The van der Waals surface area contributed by atoms with E-state index < -0.39 is 11.9 Å². The van der Waals surface area contributed by atoms with E-state index in [0.29, 0.717) is 21.7 Å². The third kappa shape index (κ3) is 3.22. The molecule has 0 aliphatic heterocycles. The highest BCUT2D eigenvalue weighted by molar-refractivity contribution is 6.31. The van der Waals surface area contributed by atoms with E-state index in [-0.39, 0.29) is 11.3 Å². The molecule has 0 saturated heterocycles. The highest BCUT2D eigenvalue weighted by Gasteiger charge is 2.35. The van der Waals surface area contributed by atoms with Crippen LogP contribution in [0.25, 0.3) is 28.0 Å². The molecule has 0 spiro atoms. The van der Waals surface area contributed by atoms with Crippen LogP contribution in [0.5, 0.6) is 0 Å². The average molecular weight is 403 g/mol. The number of alkyl halides is 3. The van der Waals surface area contributed by atoms with Gasteiger partial charge in [-0.2, -0.15) is 18.3 Å². The Balaban J connectivity index is 2.01. The second-order valence-corrected chi connectivity index (χ2v) is 6.88. The van der Waals surface area contributed by atoms with Crippen molar-refractivity contribution in [1.82, 2.24) is 19.6 Å². The van der Waals surface area contributed by atoms with E-state index in [1.165, 1.54) is 6.20 Å². The van der Waals surface area contributed by atoms with E-state index >= 15 is 0 Å². The number of benzene rings is 1. The van der Waals surface area contributed by atoms with Crippen LogP contribution in [-0.2, 0) is 6.18 Å². The molecule has 3 heterocycles. The number of fused-ring (bicyclic) bond motifs is 1. The van der Waals surface area contributed by atoms with Crippen LogP contribution in [0.3, 0.4) is 0 Å². The number of hydrogen-bond acceptors (Lipinski definition) is 3. The topological polar surface area (TPSA) is 43.1 Å². The molecule has 4 aromatic rings. The summed E-state index contributed by atoms with van der Waals surface area (Å²) in [5.41, 5.74) is 2.70. The fourth-order valence-electron chi connectivity index (χ4n) is 3.03. The van der Waals surface area contributed by atoms with Gasteiger partial charge in [0.25, 0.3) is 0 Å². The number of hydrogen-bond donors (Lipinski definition) is 0. The number of rotatable bonds is 2. The van der Waals surface area contributed by atoms with Gasteiger partial charge in [0.2, 0.25) is 0 Å². The molecule has 142 valence electrons. The van der Waals surface area contributed by atoms with Gasteiger partial charge >= 0.3 is 6.18 Å². The molecule has 0 aliphatic carbocycles. The zero-order valence-corrected chi connectivity index (χ0v) is 15.7. The summed E-state index contributed by atoms with van der Waals surface area (Å²) >= 11 is 6.05. The predicted octanol–water partition coefficient (Wildman–Crippen LogP) is 5.75. The molecule has 28 heavy (non-hydrogen) atoms. The van der Waals surface area contributed by atoms with Crippen LogP contribution in [0.15, 0.2) is 48.8 Å². The van der Waals surface area contributed by atoms with E-state index in [1.54, 1.807) is 43.5 Å². The Kier molecular flexibility index (Phi) is 4.34. The van der Waals surface area contributed by atoms with Crippen molar-refractivity contribution in [3.63, 3.8) is 0 Å². The van der Waals surface area contributed by atoms with Crippen LogP contribution in [-0.4, -0.2) is 19.6 Å². The molecule has 0 fully saturated rings. The van der Waals surface area contributed by atoms with Gasteiger partial charge in [0.15, 0.2) is 11.3 Å². The number of nitrogens with zero attached hydrogens (tertiary/aromatic N) is 4. The van der Waals surface area contributed by atoms with Crippen LogP contribution in [0, 0.1) is 13.8 Å². The Hall–Kier alpha value is -2.93. The minimum atomic E-state index is -4.59. The van der Waals surface area contributed by atoms with Gasteiger partial charge in [-0.25, -0.2) is 9.50 Å². The van der Waals surface area contributed by atoms with Gasteiger partial charge < -0.3 is 0 Å². The van der Waals surface area contributed by atoms with Gasteiger partial charge in [0.1, 0.15) is 0 Å². The molecule has 0 saturated carbocycles. The molecule has 0 unspecified atom stereocenters. The van der Waals surface area contributed by atoms with Gasteiger partial charge in [-0.3, -0.25) is 4.98 Å². The number of aromatic nitrogens is 4. The lowest BCUT2D eigenvalue weighted by Crippen LogP contribution is -2.13. The summed E-state index contributed by atoms with van der Waals surface area (Å²) in [6.45, 7) is 3.60. The van der Waals surface area contributed by atoms with Crippen LogP contribution in [0.1, 0.15) is 17.0 Å². The number of halogens is 4. The monoisotopic (exact) mass is 402 g/mol. The fourth-order valence-corrected chi connectivity index (χ4v) is 3.15. The molecule has 0 amide bonds. The Labute approximate surface area is 163 Å². The maximum absolute atomic E-state index is 13.7. The number of aryl methyl sites for hydroxylation is 2. The molecule has 0 radical (unpaired) electrons. The molecular weight excluding hydrogens is 389 g/mol. The summed E-state index contributed by atoms with van der Waals surface area (Å²) in [6.07, 6.45) is -1.59. The summed E-state index contributed by atoms with van der Waals surface area (Å²) in [4.78, 5) is 8.62. The van der Waals surface area contributed by atoms with E-state index in [2.05, 4.69) is 15.1 Å². The molecule has 3 aromatic heterocycles. The average Bonchev–Trinajstić information content (AvgIpc) is 3.06. The van der Waals surface area contributed by atoms with E-state index in [4.69, 9.17) is 11.6 Å². The Morgan fingerprint density at radius 2 is 1.79 bits per heavy atom. The summed E-state index contributed by atoms with van der Waals surface area (Å²) in [5, 5.41) is 4.49. The first kappa shape index (κ1) is 18.4. The minimum absolute atomic E-state index is 0.128. The van der Waals surface area contributed by atoms with Gasteiger partial charge in [0, 0.05) is 28.0 Å². The van der Waals surface area contributed by atoms with Crippen LogP contribution >= 0.6 is 11.6 Å². The van der Waals surface area contributed by atoms with Crippen LogP contribution < -0.4 is 0 Å². The normalized spacial score (nSPS) is 11.9. The molecule has 0 N–H and O–H groups in total. The molecule has 8 heteroatoms. The van der Waals surface area contributed by atoms with Crippen molar-refractivity contribution in [2.75, 3.05) is 0 Å². The van der Waals surface area contributed by atoms with Crippen LogP contribution in [0.2, 0.25) is 5.02 Å². The third-order valence-corrected chi connectivity index (χ3v) is 4.85. The van der Waals surface area contributed by atoms with Gasteiger partial charge in [-0.15, -0.1) is 0 Å². The highest BCUT2D eigenvalue weighted by atomic mass is 35.5. The maximum Gasteiger partial charge on any atom is 0.433 e. The van der Waals surface area contributed by atoms with Crippen molar-refractivity contribution in [1.29, 1.82) is 0 Å². The fraction of sp³-hybridized carbons (Fsp3) is 0.150. The van der Waals surface area contributed by atoms with E-state index in [0.717, 1.165) is 21.8 Å². The van der Waals surface area contributed by atoms with Gasteiger partial charge in [0.05, 0.1) is 11.9 Å². The molecule has 0 bridgehead atoms. The summed E-state index contributed by atoms with van der Waals surface area (Å²) < 4.78 is 42.0. The molecule has 4 nitrogen and oxygen atoms in total. The van der Waals surface area contributed by atoms with Crippen molar-refractivity contribution in [2.24, 2.45) is 0 Å². The third-order valence-electron chi connectivity index (χ3n) is 4.42. The van der Waals surface area contributed by atoms with Crippen molar-refractivity contribution < 1.29 is 13.2 Å². The molecule has 1 aromatic carbocycles. The zero-order valence-electron chi connectivity index (χ0n) is 14.9. The smallest absolute Gasteiger partial charge is 0.262 e. The van der Waals surface area contributed by atoms with Crippen molar-refractivity contribution in [2.45, 2.75) is 20.0 Å². The van der Waals surface area contributed by atoms with Crippen LogP contribution in [0.4, 0.5) is 13.2 Å². The Bertz CT molecular complexity index is 1200. The quantitative estimate of drug-likeness (QED) is 0.429. The first-order chi connectivity index (χ1) is 13.2. The lowest BCUT2D eigenvalue weighted by atomic mass is 10.1. The van der Waals surface area contributed by atoms with Crippen molar-refractivity contribution >= 4 is 17.2 Å². The summed E-state index contributed by atoms with van der Waals surface area (Å²) in [5.74, 6) is 0. The first-order valence-corrected chi connectivity index (χ1v) is 8.77. The molecule has 0 atom stereocenters. The van der Waals surface area contributed by atoms with Crippen molar-refractivity contribution in [3.05, 3.63) is 70.8 Å². The lowest BCUT2D eigenvalue weighted by Gasteiger charge is -2.12. The predicted molar refractivity (Wildman–Crippen MR) is 101 cm³/mol. The Morgan fingerprint density at radius 1 is 1.00 bits per heavy atom. The number of pyridine rings is 1. The highest BCUT2D eigenvalue weighted by Crippen LogP contribution is 2.35. The maximum atomic E-state index is 13.7. The zero-order chi connectivity index (χ0) is 20.1. The van der Waals surface area contributed by atoms with Crippen molar-refractivity contribution in [3.8, 4) is 22.4 Å². The first-order valence-electron chi connectivity index (χ1n) is 8.39. The van der Waals surface area contributed by atoms with Gasteiger partial charge in [-0.05, 0) is 55.3 Å². The minimum Gasteiger partial charge on any atom is -0.262 e. The summed E-state index contributed by atoms with van der Waals surface area (Å²) in [6, 6.07) is 9.52. The largest absolute Gasteiger partial charge is 0.433 e. The van der Waals surface area contributed by atoms with E-state index in [9.17, 15) is 13.2 Å².